The second kappa shape index (κ2) is 11.0. The Morgan fingerprint density at radius 1 is 1.25 bits per heavy atom. The summed E-state index contributed by atoms with van der Waals surface area (Å²) in [5, 5.41) is 2.83. The summed E-state index contributed by atoms with van der Waals surface area (Å²) in [7, 11) is 4.56. The van der Waals surface area contributed by atoms with Crippen LogP contribution in [0.1, 0.15) is 12.0 Å². The third-order valence-electron chi connectivity index (χ3n) is 4.46. The summed E-state index contributed by atoms with van der Waals surface area (Å²) in [5.41, 5.74) is 0.928. The third kappa shape index (κ3) is 5.70. The zero-order chi connectivity index (χ0) is 20.5. The van der Waals surface area contributed by atoms with Gasteiger partial charge in [0.15, 0.2) is 6.29 Å². The Balaban J connectivity index is 2.04. The minimum absolute atomic E-state index is 0.113. The molecule has 0 radical (unpaired) electrons. The van der Waals surface area contributed by atoms with Gasteiger partial charge in [-0.25, -0.2) is 0 Å². The number of amides is 2. The van der Waals surface area contributed by atoms with Crippen LogP contribution in [0, 0.1) is 0 Å². The highest BCUT2D eigenvalue weighted by molar-refractivity contribution is 7.80. The number of carbonyl (C=O) groups excluding carboxylic acids is 2. The van der Waals surface area contributed by atoms with Crippen molar-refractivity contribution in [3.8, 4) is 5.75 Å². The van der Waals surface area contributed by atoms with Gasteiger partial charge in [0, 0.05) is 27.0 Å². The van der Waals surface area contributed by atoms with Crippen LogP contribution in [0.3, 0.4) is 0 Å². The molecule has 0 saturated heterocycles. The summed E-state index contributed by atoms with van der Waals surface area (Å²) in [6.07, 6.45) is 1.41. The molecule has 2 unspecified atom stereocenters. The largest absolute Gasteiger partial charge is 0.497 e. The van der Waals surface area contributed by atoms with Crippen LogP contribution in [0.2, 0.25) is 0 Å². The SMILES string of the molecule is COc1ccc(CNC(=O)CN2C(=O)C(CCS)N=CC2C(OC)OC)cc1. The number of hydrogen-bond donors (Lipinski definition) is 2. The van der Waals surface area contributed by atoms with Crippen molar-refractivity contribution in [2.75, 3.05) is 33.6 Å². The molecule has 1 aromatic carbocycles. The van der Waals surface area contributed by atoms with Gasteiger partial charge in [-0.2, -0.15) is 12.6 Å². The molecule has 1 aliphatic heterocycles. The Kier molecular flexibility index (Phi) is 8.75. The zero-order valence-electron chi connectivity index (χ0n) is 16.3. The number of rotatable bonds is 10. The van der Waals surface area contributed by atoms with Gasteiger partial charge in [-0.1, -0.05) is 12.1 Å². The molecule has 2 amide bonds. The van der Waals surface area contributed by atoms with Crippen molar-refractivity contribution in [3.63, 3.8) is 0 Å². The lowest BCUT2D eigenvalue weighted by atomic mass is 10.1. The fraction of sp³-hybridized carbons (Fsp3) is 0.526. The van der Waals surface area contributed by atoms with Gasteiger partial charge in [0.2, 0.25) is 11.8 Å². The molecule has 1 heterocycles. The summed E-state index contributed by atoms with van der Waals surface area (Å²) < 4.78 is 15.7. The molecule has 1 aliphatic rings. The first-order valence-corrected chi connectivity index (χ1v) is 9.57. The van der Waals surface area contributed by atoms with E-state index in [0.29, 0.717) is 18.7 Å². The monoisotopic (exact) mass is 409 g/mol. The first-order chi connectivity index (χ1) is 13.5. The molecule has 2 rings (SSSR count). The Labute approximate surface area is 170 Å². The second-order valence-electron chi connectivity index (χ2n) is 6.25. The van der Waals surface area contributed by atoms with E-state index in [1.165, 1.54) is 19.1 Å². The maximum Gasteiger partial charge on any atom is 0.248 e. The lowest BCUT2D eigenvalue weighted by Crippen LogP contribution is -2.57. The fourth-order valence-electron chi connectivity index (χ4n) is 2.93. The number of nitrogens with zero attached hydrogens (tertiary/aromatic N) is 2. The third-order valence-corrected chi connectivity index (χ3v) is 4.71. The molecule has 0 spiro atoms. The van der Waals surface area contributed by atoms with Gasteiger partial charge in [-0.3, -0.25) is 14.6 Å². The smallest absolute Gasteiger partial charge is 0.248 e. The van der Waals surface area contributed by atoms with E-state index in [4.69, 9.17) is 14.2 Å². The van der Waals surface area contributed by atoms with Crippen LogP contribution in [-0.2, 0) is 25.6 Å². The maximum absolute atomic E-state index is 12.8. The highest BCUT2D eigenvalue weighted by Crippen LogP contribution is 2.18. The number of hydrogen-bond acceptors (Lipinski definition) is 7. The number of aliphatic imine (C=N–C) groups is 1. The molecule has 0 aliphatic carbocycles. The van der Waals surface area contributed by atoms with Crippen LogP contribution in [0.4, 0.5) is 0 Å². The molecular formula is C19H27N3O5S. The van der Waals surface area contributed by atoms with Crippen molar-refractivity contribution in [1.29, 1.82) is 0 Å². The van der Waals surface area contributed by atoms with Crippen LogP contribution in [0.5, 0.6) is 5.75 Å². The molecular weight excluding hydrogens is 382 g/mol. The van der Waals surface area contributed by atoms with Crippen molar-refractivity contribution < 1.29 is 23.8 Å². The summed E-state index contributed by atoms with van der Waals surface area (Å²) >= 11 is 4.18. The van der Waals surface area contributed by atoms with Gasteiger partial charge in [0.1, 0.15) is 24.4 Å². The molecule has 1 aromatic rings. The Morgan fingerprint density at radius 3 is 2.50 bits per heavy atom. The standard InChI is InChI=1S/C19H27N3O5S/c1-25-14-6-4-13(5-7-14)10-21-17(23)12-22-16(19(26-2)27-3)11-20-15(8-9-28)18(22)24/h4-7,11,15-16,19,28H,8-10,12H2,1-3H3,(H,21,23). The molecule has 9 heteroatoms. The number of methoxy groups -OCH3 is 3. The van der Waals surface area contributed by atoms with Crippen LogP contribution in [0.15, 0.2) is 29.3 Å². The molecule has 8 nitrogen and oxygen atoms in total. The summed E-state index contributed by atoms with van der Waals surface area (Å²) in [6.45, 7) is 0.236. The van der Waals surface area contributed by atoms with Gasteiger partial charge in [-0.05, 0) is 29.9 Å². The number of ether oxygens (including phenoxy) is 3. The fourth-order valence-corrected chi connectivity index (χ4v) is 3.17. The molecule has 0 bridgehead atoms. The van der Waals surface area contributed by atoms with Crippen molar-refractivity contribution in [2.24, 2.45) is 4.99 Å². The van der Waals surface area contributed by atoms with E-state index < -0.39 is 18.4 Å². The van der Waals surface area contributed by atoms with Gasteiger partial charge in [0.25, 0.3) is 0 Å². The quantitative estimate of drug-likeness (QED) is 0.443. The number of benzene rings is 1. The molecule has 0 saturated carbocycles. The average molecular weight is 410 g/mol. The van der Waals surface area contributed by atoms with Crippen molar-refractivity contribution in [3.05, 3.63) is 29.8 Å². The zero-order valence-corrected chi connectivity index (χ0v) is 17.2. The lowest BCUT2D eigenvalue weighted by molar-refractivity contribution is -0.157. The molecule has 28 heavy (non-hydrogen) atoms. The Bertz CT molecular complexity index is 679. The van der Waals surface area contributed by atoms with Crippen molar-refractivity contribution in [1.82, 2.24) is 10.2 Å². The predicted octanol–water partition coefficient (Wildman–Crippen LogP) is 0.900. The molecule has 0 fully saturated rings. The average Bonchev–Trinajstić information content (AvgIpc) is 2.72. The topological polar surface area (TPSA) is 89.5 Å². The molecule has 1 N–H and O–H groups in total. The van der Waals surface area contributed by atoms with E-state index in [1.807, 2.05) is 24.3 Å². The van der Waals surface area contributed by atoms with Crippen LogP contribution in [0.25, 0.3) is 0 Å². The highest BCUT2D eigenvalue weighted by Gasteiger charge is 2.37. The Morgan fingerprint density at radius 2 is 1.93 bits per heavy atom. The van der Waals surface area contributed by atoms with Gasteiger partial charge in [0.05, 0.1) is 7.11 Å². The first-order valence-electron chi connectivity index (χ1n) is 8.93. The maximum atomic E-state index is 12.8. The van der Waals surface area contributed by atoms with Crippen LogP contribution >= 0.6 is 12.6 Å². The van der Waals surface area contributed by atoms with Gasteiger partial charge in [-0.15, -0.1) is 0 Å². The first kappa shape index (κ1) is 22.2. The number of thiol groups is 1. The molecule has 0 aromatic heterocycles. The number of carbonyl (C=O) groups is 2. The Hall–Kier alpha value is -2.10. The van der Waals surface area contributed by atoms with Crippen LogP contribution < -0.4 is 10.1 Å². The minimum Gasteiger partial charge on any atom is -0.497 e. The summed E-state index contributed by atoms with van der Waals surface area (Å²) in [5.74, 6) is 0.755. The van der Waals surface area contributed by atoms with E-state index in [1.54, 1.807) is 13.3 Å². The second-order valence-corrected chi connectivity index (χ2v) is 6.69. The highest BCUT2D eigenvalue weighted by atomic mass is 32.1. The van der Waals surface area contributed by atoms with E-state index in [9.17, 15) is 9.59 Å². The molecule has 2 atom stereocenters. The summed E-state index contributed by atoms with van der Waals surface area (Å²) in [6, 6.07) is 6.27. The minimum atomic E-state index is -0.709. The van der Waals surface area contributed by atoms with Gasteiger partial charge < -0.3 is 24.4 Å². The van der Waals surface area contributed by atoms with E-state index in [0.717, 1.165) is 11.3 Å². The molecule has 154 valence electrons. The van der Waals surface area contributed by atoms with E-state index in [-0.39, 0.29) is 18.4 Å². The van der Waals surface area contributed by atoms with Crippen LogP contribution in [-0.4, -0.2) is 74.9 Å². The summed E-state index contributed by atoms with van der Waals surface area (Å²) in [4.78, 5) is 31.1. The van der Waals surface area contributed by atoms with E-state index >= 15 is 0 Å². The normalized spacial score (nSPS) is 19.2. The van der Waals surface area contributed by atoms with Gasteiger partial charge >= 0.3 is 0 Å². The lowest BCUT2D eigenvalue weighted by Gasteiger charge is -2.37. The predicted molar refractivity (Wildman–Crippen MR) is 109 cm³/mol. The number of nitrogens with one attached hydrogen (secondary N) is 1. The van der Waals surface area contributed by atoms with Crippen molar-refractivity contribution >= 4 is 30.7 Å². The van der Waals surface area contributed by atoms with E-state index in [2.05, 4.69) is 22.9 Å². The van der Waals surface area contributed by atoms with Crippen molar-refractivity contribution in [2.45, 2.75) is 31.3 Å².